The van der Waals surface area contributed by atoms with Crippen LogP contribution in [0, 0.1) is 0 Å². The van der Waals surface area contributed by atoms with Gasteiger partial charge < -0.3 is 25.3 Å². The summed E-state index contributed by atoms with van der Waals surface area (Å²) in [5.74, 6) is 1.20. The average molecular weight is 294 g/mol. The van der Waals surface area contributed by atoms with E-state index in [4.69, 9.17) is 19.9 Å². The third-order valence-corrected chi connectivity index (χ3v) is 3.81. The minimum Gasteiger partial charge on any atom is -0.493 e. The van der Waals surface area contributed by atoms with Crippen LogP contribution in [-0.2, 0) is 0 Å². The van der Waals surface area contributed by atoms with Gasteiger partial charge in [-0.3, -0.25) is 4.79 Å². The number of hydrogen-bond donors (Lipinski definition) is 2. The zero-order valence-electron chi connectivity index (χ0n) is 12.6. The van der Waals surface area contributed by atoms with E-state index in [1.165, 1.54) is 21.3 Å². The molecule has 6 heteroatoms. The van der Waals surface area contributed by atoms with Gasteiger partial charge in [0, 0.05) is 17.6 Å². The Labute approximate surface area is 124 Å². The summed E-state index contributed by atoms with van der Waals surface area (Å²) < 4.78 is 15.7. The Balaban J connectivity index is 2.24. The van der Waals surface area contributed by atoms with Crippen LogP contribution < -0.4 is 25.3 Å². The molecule has 0 aromatic heterocycles. The van der Waals surface area contributed by atoms with Crippen LogP contribution in [0.3, 0.4) is 0 Å². The van der Waals surface area contributed by atoms with Crippen molar-refractivity contribution in [3.63, 3.8) is 0 Å². The maximum atomic E-state index is 12.4. The number of rotatable bonds is 5. The molecule has 0 heterocycles. The van der Waals surface area contributed by atoms with Crippen molar-refractivity contribution >= 4 is 5.91 Å². The normalized spacial score (nSPS) is 21.0. The van der Waals surface area contributed by atoms with Crippen molar-refractivity contribution in [2.75, 3.05) is 21.3 Å². The van der Waals surface area contributed by atoms with Gasteiger partial charge in [-0.1, -0.05) is 0 Å². The zero-order chi connectivity index (χ0) is 15.4. The molecule has 21 heavy (non-hydrogen) atoms. The van der Waals surface area contributed by atoms with Crippen molar-refractivity contribution in [3.05, 3.63) is 17.7 Å². The highest BCUT2D eigenvalue weighted by molar-refractivity contribution is 5.95. The second kappa shape index (κ2) is 6.67. The molecule has 6 nitrogen and oxygen atoms in total. The van der Waals surface area contributed by atoms with Gasteiger partial charge in [-0.15, -0.1) is 0 Å². The van der Waals surface area contributed by atoms with Gasteiger partial charge in [0.05, 0.1) is 21.3 Å². The number of carbonyl (C=O) groups is 1. The van der Waals surface area contributed by atoms with Crippen LogP contribution in [-0.4, -0.2) is 39.3 Å². The van der Waals surface area contributed by atoms with Gasteiger partial charge in [-0.2, -0.15) is 0 Å². The molecule has 2 atom stereocenters. The van der Waals surface area contributed by atoms with E-state index < -0.39 is 0 Å². The molecule has 2 rings (SSSR count). The molecule has 2 unspecified atom stereocenters. The lowest BCUT2D eigenvalue weighted by molar-refractivity contribution is 0.0933. The second-order valence-electron chi connectivity index (χ2n) is 5.09. The number of ether oxygens (including phenoxy) is 3. The summed E-state index contributed by atoms with van der Waals surface area (Å²) in [6.07, 6.45) is 2.90. The second-order valence-corrected chi connectivity index (χ2v) is 5.09. The smallest absolute Gasteiger partial charge is 0.251 e. The Bertz CT molecular complexity index is 493. The van der Waals surface area contributed by atoms with Gasteiger partial charge in [0.1, 0.15) is 0 Å². The Kier molecular flexibility index (Phi) is 4.90. The van der Waals surface area contributed by atoms with E-state index in [2.05, 4.69) is 5.32 Å². The molecule has 1 aromatic rings. The number of methoxy groups -OCH3 is 3. The topological polar surface area (TPSA) is 82.8 Å². The van der Waals surface area contributed by atoms with Crippen molar-refractivity contribution in [2.24, 2.45) is 5.73 Å². The van der Waals surface area contributed by atoms with E-state index in [9.17, 15) is 4.79 Å². The van der Waals surface area contributed by atoms with E-state index in [1.807, 2.05) is 0 Å². The van der Waals surface area contributed by atoms with Crippen LogP contribution in [0.25, 0.3) is 0 Å². The van der Waals surface area contributed by atoms with Crippen molar-refractivity contribution in [1.29, 1.82) is 0 Å². The highest BCUT2D eigenvalue weighted by atomic mass is 16.5. The molecule has 1 amide bonds. The molecular weight excluding hydrogens is 272 g/mol. The monoisotopic (exact) mass is 294 g/mol. The molecule has 0 spiro atoms. The van der Waals surface area contributed by atoms with Crippen LogP contribution in [0.5, 0.6) is 17.2 Å². The molecule has 1 saturated carbocycles. The average Bonchev–Trinajstić information content (AvgIpc) is 2.90. The number of hydrogen-bond acceptors (Lipinski definition) is 5. The Morgan fingerprint density at radius 3 is 2.19 bits per heavy atom. The summed E-state index contributed by atoms with van der Waals surface area (Å²) in [5.41, 5.74) is 6.44. The van der Waals surface area contributed by atoms with Crippen molar-refractivity contribution in [2.45, 2.75) is 31.3 Å². The summed E-state index contributed by atoms with van der Waals surface area (Å²) in [6, 6.07) is 3.32. The predicted octanol–water partition coefficient (Wildman–Crippen LogP) is 1.32. The van der Waals surface area contributed by atoms with Gasteiger partial charge in [-0.05, 0) is 31.4 Å². The maximum Gasteiger partial charge on any atom is 0.251 e. The predicted molar refractivity (Wildman–Crippen MR) is 79.2 cm³/mol. The molecule has 3 N–H and O–H groups in total. The van der Waals surface area contributed by atoms with Gasteiger partial charge in [-0.25, -0.2) is 0 Å². The molecule has 0 radical (unpaired) electrons. The number of amides is 1. The first-order valence-electron chi connectivity index (χ1n) is 6.97. The quantitative estimate of drug-likeness (QED) is 0.856. The highest BCUT2D eigenvalue weighted by Gasteiger charge is 2.26. The van der Waals surface area contributed by atoms with Crippen LogP contribution in [0.15, 0.2) is 12.1 Å². The van der Waals surface area contributed by atoms with Gasteiger partial charge in [0.25, 0.3) is 5.91 Å². The van der Waals surface area contributed by atoms with E-state index >= 15 is 0 Å². The van der Waals surface area contributed by atoms with Crippen molar-refractivity contribution in [3.8, 4) is 17.2 Å². The number of carbonyl (C=O) groups excluding carboxylic acids is 1. The van der Waals surface area contributed by atoms with Crippen molar-refractivity contribution in [1.82, 2.24) is 5.32 Å². The van der Waals surface area contributed by atoms with E-state index in [0.29, 0.717) is 22.8 Å². The largest absolute Gasteiger partial charge is 0.493 e. The van der Waals surface area contributed by atoms with Crippen LogP contribution in [0.1, 0.15) is 29.6 Å². The summed E-state index contributed by atoms with van der Waals surface area (Å²) in [7, 11) is 4.56. The van der Waals surface area contributed by atoms with E-state index in [0.717, 1.165) is 19.3 Å². The molecule has 0 saturated heterocycles. The van der Waals surface area contributed by atoms with E-state index in [1.54, 1.807) is 12.1 Å². The van der Waals surface area contributed by atoms with Crippen molar-refractivity contribution < 1.29 is 19.0 Å². The Morgan fingerprint density at radius 2 is 1.76 bits per heavy atom. The number of nitrogens with one attached hydrogen (secondary N) is 1. The third kappa shape index (κ3) is 3.21. The summed E-state index contributed by atoms with van der Waals surface area (Å²) in [5, 5.41) is 2.97. The van der Waals surface area contributed by atoms with Gasteiger partial charge in [0.2, 0.25) is 5.75 Å². The van der Waals surface area contributed by atoms with Crippen LogP contribution >= 0.6 is 0 Å². The summed E-state index contributed by atoms with van der Waals surface area (Å²) >= 11 is 0. The SMILES string of the molecule is COc1cc(C(=O)NC2CCCC2N)cc(OC)c1OC. The highest BCUT2D eigenvalue weighted by Crippen LogP contribution is 2.38. The molecule has 1 fully saturated rings. The lowest BCUT2D eigenvalue weighted by atomic mass is 10.1. The molecule has 116 valence electrons. The third-order valence-electron chi connectivity index (χ3n) is 3.81. The molecule has 1 aliphatic rings. The Morgan fingerprint density at radius 1 is 1.14 bits per heavy atom. The fraction of sp³-hybridized carbons (Fsp3) is 0.533. The zero-order valence-corrected chi connectivity index (χ0v) is 12.6. The fourth-order valence-electron chi connectivity index (χ4n) is 2.63. The standard InChI is InChI=1S/C15H22N2O4/c1-19-12-7-9(8-13(20-2)14(12)21-3)15(18)17-11-6-4-5-10(11)16/h7-8,10-11H,4-6,16H2,1-3H3,(H,17,18). The Hall–Kier alpha value is -1.95. The van der Waals surface area contributed by atoms with Crippen LogP contribution in [0.2, 0.25) is 0 Å². The summed E-state index contributed by atoms with van der Waals surface area (Å²) in [6.45, 7) is 0. The number of nitrogens with two attached hydrogens (primary N) is 1. The minimum absolute atomic E-state index is 0.0241. The first-order chi connectivity index (χ1) is 10.1. The van der Waals surface area contributed by atoms with E-state index in [-0.39, 0.29) is 18.0 Å². The molecule has 1 aromatic carbocycles. The summed E-state index contributed by atoms with van der Waals surface area (Å²) in [4.78, 5) is 12.4. The first-order valence-corrected chi connectivity index (χ1v) is 6.97. The maximum absolute atomic E-state index is 12.4. The molecule has 1 aliphatic carbocycles. The number of benzene rings is 1. The molecule has 0 bridgehead atoms. The van der Waals surface area contributed by atoms with Gasteiger partial charge >= 0.3 is 0 Å². The lowest BCUT2D eigenvalue weighted by Gasteiger charge is -2.18. The first kappa shape index (κ1) is 15.4. The minimum atomic E-state index is -0.184. The van der Waals surface area contributed by atoms with Crippen LogP contribution in [0.4, 0.5) is 0 Å². The molecule has 0 aliphatic heterocycles. The lowest BCUT2D eigenvalue weighted by Crippen LogP contribution is -2.43. The van der Waals surface area contributed by atoms with Gasteiger partial charge in [0.15, 0.2) is 11.5 Å². The fourth-order valence-corrected chi connectivity index (χ4v) is 2.63. The molecular formula is C15H22N2O4.